The highest BCUT2D eigenvalue weighted by atomic mass is 32.2. The lowest BCUT2D eigenvalue weighted by Crippen LogP contribution is -2.34. The predicted octanol–water partition coefficient (Wildman–Crippen LogP) is 2.58. The maximum Gasteiger partial charge on any atom is 0.240 e. The summed E-state index contributed by atoms with van der Waals surface area (Å²) in [5, 5.41) is 0. The third kappa shape index (κ3) is 6.29. The van der Waals surface area contributed by atoms with E-state index in [4.69, 9.17) is 18.9 Å². The molecule has 2 aromatic carbocycles. The number of methoxy groups -OCH3 is 2. The highest BCUT2D eigenvalue weighted by Crippen LogP contribution is 2.32. The first-order chi connectivity index (χ1) is 15.9. The average Bonchev–Trinajstić information content (AvgIpc) is 3.07. The third-order valence-corrected chi connectivity index (χ3v) is 6.67. The van der Waals surface area contributed by atoms with Gasteiger partial charge in [0.05, 0.1) is 32.3 Å². The lowest BCUT2D eigenvalue weighted by atomic mass is 10.1. The van der Waals surface area contributed by atoms with Crippen LogP contribution in [-0.2, 0) is 21.4 Å². The molecule has 180 valence electrons. The fourth-order valence-electron chi connectivity index (χ4n) is 3.42. The number of amides is 1. The fourth-order valence-corrected chi connectivity index (χ4v) is 4.47. The molecular formula is C23H30N2O7S. The van der Waals surface area contributed by atoms with Gasteiger partial charge in [-0.25, -0.2) is 13.1 Å². The summed E-state index contributed by atoms with van der Waals surface area (Å²) in [5.74, 6) is 1.96. The molecule has 1 amide bonds. The fraction of sp³-hybridized carbons (Fsp3) is 0.435. The Labute approximate surface area is 194 Å². The highest BCUT2D eigenvalue weighted by molar-refractivity contribution is 7.89. The van der Waals surface area contributed by atoms with Crippen LogP contribution in [0.3, 0.4) is 0 Å². The van der Waals surface area contributed by atoms with Crippen molar-refractivity contribution in [1.82, 2.24) is 9.62 Å². The quantitative estimate of drug-likeness (QED) is 0.560. The zero-order chi connectivity index (χ0) is 23.8. The molecule has 2 aromatic rings. The van der Waals surface area contributed by atoms with Crippen molar-refractivity contribution in [2.24, 2.45) is 0 Å². The molecule has 0 saturated carbocycles. The zero-order valence-electron chi connectivity index (χ0n) is 19.1. The summed E-state index contributed by atoms with van der Waals surface area (Å²) in [4.78, 5) is 14.4. The summed E-state index contributed by atoms with van der Waals surface area (Å²) < 4.78 is 49.5. The van der Waals surface area contributed by atoms with E-state index in [1.165, 1.54) is 12.1 Å². The first-order valence-electron chi connectivity index (χ1n) is 10.8. The van der Waals surface area contributed by atoms with Crippen LogP contribution in [0.1, 0.15) is 25.3 Å². The van der Waals surface area contributed by atoms with Crippen molar-refractivity contribution in [2.75, 3.05) is 40.5 Å². The molecule has 1 aliphatic heterocycles. The number of hydrogen-bond donors (Lipinski definition) is 1. The van der Waals surface area contributed by atoms with E-state index in [2.05, 4.69) is 4.72 Å². The number of carbonyl (C=O) groups excluding carboxylic acids is 1. The van der Waals surface area contributed by atoms with Gasteiger partial charge in [0.1, 0.15) is 0 Å². The molecule has 0 bridgehead atoms. The Balaban J connectivity index is 1.58. The summed E-state index contributed by atoms with van der Waals surface area (Å²) in [5.41, 5.74) is 0.885. The molecule has 0 aromatic heterocycles. The summed E-state index contributed by atoms with van der Waals surface area (Å²) >= 11 is 0. The Morgan fingerprint density at radius 1 is 1.03 bits per heavy atom. The number of fused-ring (bicyclic) bond motifs is 1. The molecule has 1 heterocycles. The molecule has 1 N–H and O–H groups in total. The van der Waals surface area contributed by atoms with Crippen molar-refractivity contribution in [3.63, 3.8) is 0 Å². The Kier molecular flexibility index (Phi) is 8.40. The van der Waals surface area contributed by atoms with Crippen molar-refractivity contribution < 1.29 is 32.2 Å². The van der Waals surface area contributed by atoms with Crippen molar-refractivity contribution >= 4 is 15.9 Å². The molecule has 1 aliphatic rings. The number of nitrogens with one attached hydrogen (secondary N) is 1. The van der Waals surface area contributed by atoms with E-state index in [0.717, 1.165) is 12.0 Å². The van der Waals surface area contributed by atoms with Gasteiger partial charge in [0.15, 0.2) is 23.0 Å². The van der Waals surface area contributed by atoms with Gasteiger partial charge in [-0.2, -0.15) is 0 Å². The molecule has 10 heteroatoms. The van der Waals surface area contributed by atoms with Crippen LogP contribution >= 0.6 is 0 Å². The van der Waals surface area contributed by atoms with Crippen LogP contribution in [0.4, 0.5) is 0 Å². The van der Waals surface area contributed by atoms with Gasteiger partial charge < -0.3 is 23.8 Å². The van der Waals surface area contributed by atoms with Crippen molar-refractivity contribution in [1.29, 1.82) is 0 Å². The Morgan fingerprint density at radius 3 is 2.45 bits per heavy atom. The predicted molar refractivity (Wildman–Crippen MR) is 122 cm³/mol. The molecule has 0 aliphatic carbocycles. The largest absolute Gasteiger partial charge is 0.493 e. The molecule has 0 fully saturated rings. The van der Waals surface area contributed by atoms with Crippen LogP contribution in [0.5, 0.6) is 23.0 Å². The van der Waals surface area contributed by atoms with E-state index in [1.54, 1.807) is 31.3 Å². The molecular weight excluding hydrogens is 448 g/mol. The summed E-state index contributed by atoms with van der Waals surface area (Å²) in [6, 6.07) is 9.97. The molecule has 33 heavy (non-hydrogen) atoms. The van der Waals surface area contributed by atoms with E-state index < -0.39 is 10.0 Å². The van der Waals surface area contributed by atoms with E-state index in [0.29, 0.717) is 49.3 Å². The number of carbonyl (C=O) groups is 1. The van der Waals surface area contributed by atoms with Crippen LogP contribution in [0.25, 0.3) is 0 Å². The number of ether oxygens (including phenoxy) is 4. The Morgan fingerprint density at radius 2 is 1.76 bits per heavy atom. The number of sulfonamides is 1. The SMILES string of the molecule is CCN(Cc1ccc(OC)c(OC)c1)C(=O)CCNS(=O)(=O)c1ccc2c(c1)OCCCO2. The number of hydrogen-bond acceptors (Lipinski definition) is 7. The van der Waals surface area contributed by atoms with Crippen LogP contribution < -0.4 is 23.7 Å². The number of nitrogens with zero attached hydrogens (tertiary/aromatic N) is 1. The minimum absolute atomic E-state index is 0.0158. The van der Waals surface area contributed by atoms with Gasteiger partial charge in [-0.15, -0.1) is 0 Å². The van der Waals surface area contributed by atoms with Gasteiger partial charge in [-0.05, 0) is 36.8 Å². The smallest absolute Gasteiger partial charge is 0.240 e. The number of rotatable bonds is 10. The first-order valence-corrected chi connectivity index (χ1v) is 12.2. The van der Waals surface area contributed by atoms with Gasteiger partial charge in [-0.3, -0.25) is 4.79 Å². The minimum atomic E-state index is -3.80. The van der Waals surface area contributed by atoms with Crippen LogP contribution in [0.2, 0.25) is 0 Å². The van der Waals surface area contributed by atoms with E-state index in [-0.39, 0.29) is 23.8 Å². The van der Waals surface area contributed by atoms with E-state index in [9.17, 15) is 13.2 Å². The van der Waals surface area contributed by atoms with Crippen molar-refractivity contribution in [3.8, 4) is 23.0 Å². The summed E-state index contributed by atoms with van der Waals surface area (Å²) in [6.07, 6.45) is 0.763. The Bertz CT molecular complexity index is 1070. The number of benzene rings is 2. The molecule has 0 unspecified atom stereocenters. The second-order valence-electron chi connectivity index (χ2n) is 7.40. The second-order valence-corrected chi connectivity index (χ2v) is 9.17. The van der Waals surface area contributed by atoms with Gasteiger partial charge >= 0.3 is 0 Å². The topological polar surface area (TPSA) is 103 Å². The minimum Gasteiger partial charge on any atom is -0.493 e. The van der Waals surface area contributed by atoms with Gasteiger partial charge in [0.2, 0.25) is 15.9 Å². The monoisotopic (exact) mass is 478 g/mol. The maximum absolute atomic E-state index is 12.7. The maximum atomic E-state index is 12.7. The lowest BCUT2D eigenvalue weighted by molar-refractivity contribution is -0.131. The summed E-state index contributed by atoms with van der Waals surface area (Å²) in [6.45, 7) is 3.72. The molecule has 0 atom stereocenters. The van der Waals surface area contributed by atoms with Crippen molar-refractivity contribution in [3.05, 3.63) is 42.0 Å². The van der Waals surface area contributed by atoms with Gasteiger partial charge in [0.25, 0.3) is 0 Å². The van der Waals surface area contributed by atoms with Crippen molar-refractivity contribution in [2.45, 2.75) is 31.2 Å². The average molecular weight is 479 g/mol. The molecule has 3 rings (SSSR count). The first kappa shape index (κ1) is 24.7. The summed E-state index contributed by atoms with van der Waals surface area (Å²) in [7, 11) is -0.678. The van der Waals surface area contributed by atoms with Crippen LogP contribution in [0.15, 0.2) is 41.3 Å². The second kappa shape index (κ2) is 11.2. The molecule has 9 nitrogen and oxygen atoms in total. The van der Waals surface area contributed by atoms with E-state index in [1.807, 2.05) is 19.1 Å². The van der Waals surface area contributed by atoms with Gasteiger partial charge in [-0.1, -0.05) is 6.07 Å². The lowest BCUT2D eigenvalue weighted by Gasteiger charge is -2.22. The molecule has 0 saturated heterocycles. The third-order valence-electron chi connectivity index (χ3n) is 5.22. The molecule has 0 radical (unpaired) electrons. The van der Waals surface area contributed by atoms with Crippen LogP contribution in [0, 0.1) is 0 Å². The van der Waals surface area contributed by atoms with Gasteiger partial charge in [0, 0.05) is 38.5 Å². The standard InChI is InChI=1S/C23H30N2O7S/c1-4-25(16-17-6-8-19(29-2)21(14-17)30-3)23(26)10-11-24-33(27,28)18-7-9-20-22(15-18)32-13-5-12-31-20/h6-9,14-15,24H,4-5,10-13,16H2,1-3H3. The highest BCUT2D eigenvalue weighted by Gasteiger charge is 2.20. The zero-order valence-corrected chi connectivity index (χ0v) is 19.9. The molecule has 0 spiro atoms. The van der Waals surface area contributed by atoms with Crippen LogP contribution in [-0.4, -0.2) is 59.7 Å². The normalized spacial score (nSPS) is 13.2. The van der Waals surface area contributed by atoms with E-state index >= 15 is 0 Å². The Hall–Kier alpha value is -2.98.